The normalized spacial score (nSPS) is 19.1. The summed E-state index contributed by atoms with van der Waals surface area (Å²) >= 11 is 0. The minimum atomic E-state index is -0.302. The van der Waals surface area contributed by atoms with E-state index in [1.54, 1.807) is 12.1 Å². The van der Waals surface area contributed by atoms with Gasteiger partial charge in [0, 0.05) is 42.6 Å². The zero-order valence-corrected chi connectivity index (χ0v) is 13.0. The van der Waals surface area contributed by atoms with Crippen LogP contribution in [0.25, 0.3) is 0 Å². The largest absolute Gasteiger partial charge is 0.385 e. The lowest BCUT2D eigenvalue weighted by molar-refractivity contribution is -0.384. The Bertz CT molecular complexity index is 490. The van der Waals surface area contributed by atoms with Crippen molar-refractivity contribution in [2.45, 2.75) is 52.0 Å². The smallest absolute Gasteiger partial charge is 0.273 e. The molecule has 116 valence electrons. The molecule has 1 aliphatic rings. The van der Waals surface area contributed by atoms with Crippen LogP contribution in [0.4, 0.5) is 17.1 Å². The van der Waals surface area contributed by atoms with Gasteiger partial charge in [-0.25, -0.2) is 0 Å². The predicted molar refractivity (Wildman–Crippen MR) is 87.2 cm³/mol. The van der Waals surface area contributed by atoms with Crippen LogP contribution in [-0.4, -0.2) is 24.1 Å². The van der Waals surface area contributed by atoms with Gasteiger partial charge in [0.15, 0.2) is 0 Å². The van der Waals surface area contributed by atoms with Gasteiger partial charge in [0.25, 0.3) is 5.69 Å². The van der Waals surface area contributed by atoms with Crippen molar-refractivity contribution in [2.75, 3.05) is 23.3 Å². The fraction of sp³-hybridized carbons (Fsp3) is 0.625. The first-order valence-corrected chi connectivity index (χ1v) is 7.92. The number of nitrogens with zero attached hydrogens (tertiary/aromatic N) is 2. The highest BCUT2D eigenvalue weighted by atomic mass is 16.6. The highest BCUT2D eigenvalue weighted by Crippen LogP contribution is 2.30. The van der Waals surface area contributed by atoms with Crippen LogP contribution in [0.15, 0.2) is 18.2 Å². The van der Waals surface area contributed by atoms with Gasteiger partial charge in [-0.15, -0.1) is 0 Å². The molecule has 1 aromatic rings. The fourth-order valence-electron chi connectivity index (χ4n) is 2.90. The number of nitro groups is 1. The van der Waals surface area contributed by atoms with E-state index in [0.29, 0.717) is 6.04 Å². The molecule has 21 heavy (non-hydrogen) atoms. The third-order valence-electron chi connectivity index (χ3n) is 4.08. The van der Waals surface area contributed by atoms with E-state index in [-0.39, 0.29) is 10.6 Å². The molecule has 0 spiro atoms. The summed E-state index contributed by atoms with van der Waals surface area (Å²) in [6.07, 6.45) is 5.80. The van der Waals surface area contributed by atoms with Crippen LogP contribution in [0.3, 0.4) is 0 Å². The van der Waals surface area contributed by atoms with Gasteiger partial charge in [0.2, 0.25) is 0 Å². The number of anilines is 2. The topological polar surface area (TPSA) is 58.4 Å². The summed E-state index contributed by atoms with van der Waals surface area (Å²) in [7, 11) is 0. The lowest BCUT2D eigenvalue weighted by atomic mass is 10.1. The highest BCUT2D eigenvalue weighted by molar-refractivity contribution is 5.65. The van der Waals surface area contributed by atoms with Crippen molar-refractivity contribution in [1.82, 2.24) is 0 Å². The molecule has 1 aliphatic heterocycles. The van der Waals surface area contributed by atoms with Gasteiger partial charge in [-0.2, -0.15) is 0 Å². The van der Waals surface area contributed by atoms with E-state index in [4.69, 9.17) is 0 Å². The lowest BCUT2D eigenvalue weighted by Gasteiger charge is -2.29. The van der Waals surface area contributed by atoms with Gasteiger partial charge in [0.05, 0.1) is 4.92 Å². The predicted octanol–water partition coefficient (Wildman–Crippen LogP) is 4.19. The number of nitro benzene ring substituents is 1. The summed E-state index contributed by atoms with van der Waals surface area (Å²) < 4.78 is 0. The monoisotopic (exact) mass is 291 g/mol. The van der Waals surface area contributed by atoms with E-state index in [0.717, 1.165) is 43.7 Å². The first-order valence-electron chi connectivity index (χ1n) is 7.92. The summed E-state index contributed by atoms with van der Waals surface area (Å²) in [6, 6.07) is 5.82. The van der Waals surface area contributed by atoms with Crippen molar-refractivity contribution in [2.24, 2.45) is 0 Å². The average molecular weight is 291 g/mol. The minimum absolute atomic E-state index is 0.169. The molecule has 1 heterocycles. The Hall–Kier alpha value is -1.78. The zero-order chi connectivity index (χ0) is 15.2. The second kappa shape index (κ2) is 7.29. The average Bonchev–Trinajstić information content (AvgIpc) is 2.69. The Morgan fingerprint density at radius 2 is 2.14 bits per heavy atom. The van der Waals surface area contributed by atoms with Gasteiger partial charge >= 0.3 is 0 Å². The number of non-ortho nitro benzene ring substituents is 1. The molecule has 2 rings (SSSR count). The van der Waals surface area contributed by atoms with Gasteiger partial charge in [-0.05, 0) is 32.3 Å². The fourth-order valence-corrected chi connectivity index (χ4v) is 2.90. The Morgan fingerprint density at radius 3 is 2.86 bits per heavy atom. The van der Waals surface area contributed by atoms with Gasteiger partial charge in [-0.1, -0.05) is 19.8 Å². The molecule has 0 aliphatic carbocycles. The van der Waals surface area contributed by atoms with Gasteiger partial charge in [-0.3, -0.25) is 10.1 Å². The molecule has 0 bridgehead atoms. The van der Waals surface area contributed by atoms with Crippen molar-refractivity contribution in [3.8, 4) is 0 Å². The van der Waals surface area contributed by atoms with Crippen molar-refractivity contribution in [3.63, 3.8) is 0 Å². The standard InChI is InChI=1S/C16H25N3O2/c1-3-8-17-14-10-15(12-16(11-14)19(20)21)18-9-6-4-5-7-13(18)2/h10-13,17H,3-9H2,1-2H3. The van der Waals surface area contributed by atoms with E-state index in [1.807, 2.05) is 6.07 Å². The van der Waals surface area contributed by atoms with Crippen LogP contribution in [0.2, 0.25) is 0 Å². The first-order chi connectivity index (χ1) is 10.1. The molecule has 0 aromatic heterocycles. The molecule has 1 aromatic carbocycles. The van der Waals surface area contributed by atoms with Crippen LogP contribution < -0.4 is 10.2 Å². The Morgan fingerprint density at radius 1 is 1.33 bits per heavy atom. The van der Waals surface area contributed by atoms with Crippen molar-refractivity contribution >= 4 is 17.1 Å². The van der Waals surface area contributed by atoms with Gasteiger partial charge in [0.1, 0.15) is 0 Å². The molecule has 0 radical (unpaired) electrons. The summed E-state index contributed by atoms with van der Waals surface area (Å²) in [6.45, 7) is 6.11. The Balaban J connectivity index is 2.31. The van der Waals surface area contributed by atoms with Crippen molar-refractivity contribution < 1.29 is 4.92 Å². The van der Waals surface area contributed by atoms with Crippen LogP contribution in [0, 0.1) is 10.1 Å². The van der Waals surface area contributed by atoms with E-state index < -0.39 is 0 Å². The molecule has 1 atom stereocenters. The second-order valence-electron chi connectivity index (χ2n) is 5.81. The molecule has 1 fully saturated rings. The molecule has 1 unspecified atom stereocenters. The third kappa shape index (κ3) is 4.09. The molecule has 1 saturated heterocycles. The third-order valence-corrected chi connectivity index (χ3v) is 4.08. The molecule has 0 amide bonds. The number of hydrogen-bond acceptors (Lipinski definition) is 4. The lowest BCUT2D eigenvalue weighted by Crippen LogP contribution is -2.32. The quantitative estimate of drug-likeness (QED) is 0.653. The summed E-state index contributed by atoms with van der Waals surface area (Å²) in [5.74, 6) is 0. The zero-order valence-electron chi connectivity index (χ0n) is 13.0. The molecule has 5 heteroatoms. The highest BCUT2D eigenvalue weighted by Gasteiger charge is 2.20. The van der Waals surface area contributed by atoms with Crippen LogP contribution in [0.1, 0.15) is 46.0 Å². The number of rotatable bonds is 5. The molecular formula is C16H25N3O2. The van der Waals surface area contributed by atoms with Crippen LogP contribution in [-0.2, 0) is 0 Å². The maximum Gasteiger partial charge on any atom is 0.273 e. The maximum atomic E-state index is 11.2. The number of hydrogen-bond donors (Lipinski definition) is 1. The SMILES string of the molecule is CCCNc1cc(N2CCCCCC2C)cc([N+](=O)[O-])c1. The Kier molecular flexibility index (Phi) is 5.42. The Labute approximate surface area is 126 Å². The van der Waals surface area contributed by atoms with Crippen LogP contribution >= 0.6 is 0 Å². The van der Waals surface area contributed by atoms with Crippen molar-refractivity contribution in [3.05, 3.63) is 28.3 Å². The molecule has 1 N–H and O–H groups in total. The second-order valence-corrected chi connectivity index (χ2v) is 5.81. The first kappa shape index (κ1) is 15.6. The van der Waals surface area contributed by atoms with Crippen molar-refractivity contribution in [1.29, 1.82) is 0 Å². The summed E-state index contributed by atoms with van der Waals surface area (Å²) in [4.78, 5) is 13.2. The number of benzene rings is 1. The van der Waals surface area contributed by atoms with E-state index in [1.165, 1.54) is 12.8 Å². The summed E-state index contributed by atoms with van der Waals surface area (Å²) in [5.41, 5.74) is 1.98. The van der Waals surface area contributed by atoms with E-state index in [2.05, 4.69) is 24.1 Å². The molecule has 0 saturated carbocycles. The minimum Gasteiger partial charge on any atom is -0.385 e. The molecular weight excluding hydrogens is 266 g/mol. The van der Waals surface area contributed by atoms with E-state index in [9.17, 15) is 10.1 Å². The maximum absolute atomic E-state index is 11.2. The van der Waals surface area contributed by atoms with E-state index >= 15 is 0 Å². The van der Waals surface area contributed by atoms with Crippen LogP contribution in [0.5, 0.6) is 0 Å². The summed E-state index contributed by atoms with van der Waals surface area (Å²) in [5, 5.41) is 14.4. The number of nitrogens with one attached hydrogen (secondary N) is 1. The molecule has 5 nitrogen and oxygen atoms in total. The van der Waals surface area contributed by atoms with Gasteiger partial charge < -0.3 is 10.2 Å².